The summed E-state index contributed by atoms with van der Waals surface area (Å²) in [6.45, 7) is 0. The van der Waals surface area contributed by atoms with Crippen LogP contribution in [0, 0.1) is 0 Å². The van der Waals surface area contributed by atoms with Crippen LogP contribution in [0.3, 0.4) is 0 Å². The zero-order valence-electron chi connectivity index (χ0n) is 10.0. The molecule has 19 heavy (non-hydrogen) atoms. The van der Waals surface area contributed by atoms with Crippen LogP contribution in [0.25, 0.3) is 0 Å². The number of sulfone groups is 1. The summed E-state index contributed by atoms with van der Waals surface area (Å²) in [6.07, 6.45) is 0.441. The summed E-state index contributed by atoms with van der Waals surface area (Å²) in [7, 11) is -6.96. The van der Waals surface area contributed by atoms with Gasteiger partial charge in [-0.05, 0) is 24.6 Å². The van der Waals surface area contributed by atoms with E-state index in [0.717, 1.165) is 0 Å². The Balaban J connectivity index is 2.31. The fourth-order valence-electron chi connectivity index (χ4n) is 2.02. The molecule has 0 aliphatic carbocycles. The Morgan fingerprint density at radius 2 is 2.00 bits per heavy atom. The molecule has 106 valence electrons. The van der Waals surface area contributed by atoms with Gasteiger partial charge in [0.1, 0.15) is 4.90 Å². The van der Waals surface area contributed by atoms with Crippen LogP contribution in [-0.4, -0.2) is 34.4 Å². The summed E-state index contributed by atoms with van der Waals surface area (Å²) in [6, 6.07) is 3.95. The highest BCUT2D eigenvalue weighted by molar-refractivity contribution is 7.91. The summed E-state index contributed by atoms with van der Waals surface area (Å²) in [5.74, 6) is 0.0891. The predicted octanol–water partition coefficient (Wildman–Crippen LogP) is -0.485. The second kappa shape index (κ2) is 4.66. The van der Waals surface area contributed by atoms with Crippen LogP contribution in [0.2, 0.25) is 0 Å². The maximum absolute atomic E-state index is 11.5. The van der Waals surface area contributed by atoms with Gasteiger partial charge in [0.2, 0.25) is 10.0 Å². The van der Waals surface area contributed by atoms with E-state index in [1.165, 1.54) is 18.2 Å². The maximum atomic E-state index is 11.5. The molecule has 1 heterocycles. The van der Waals surface area contributed by atoms with Crippen LogP contribution >= 0.6 is 0 Å². The Bertz CT molecular complexity index is 697. The fourth-order valence-corrected chi connectivity index (χ4v) is 4.43. The lowest BCUT2D eigenvalue weighted by atomic mass is 10.2. The van der Waals surface area contributed by atoms with E-state index in [1.807, 2.05) is 0 Å². The van der Waals surface area contributed by atoms with Crippen molar-refractivity contribution in [1.82, 2.24) is 0 Å². The highest BCUT2D eigenvalue weighted by Gasteiger charge is 2.28. The van der Waals surface area contributed by atoms with Gasteiger partial charge < -0.3 is 11.1 Å². The molecule has 2 rings (SSSR count). The third-order valence-electron chi connectivity index (χ3n) is 2.90. The third kappa shape index (κ3) is 3.37. The Morgan fingerprint density at radius 1 is 1.32 bits per heavy atom. The highest BCUT2D eigenvalue weighted by Crippen LogP contribution is 2.25. The van der Waals surface area contributed by atoms with E-state index in [2.05, 4.69) is 5.32 Å². The van der Waals surface area contributed by atoms with E-state index in [-0.39, 0.29) is 33.8 Å². The molecule has 1 saturated heterocycles. The van der Waals surface area contributed by atoms with Crippen LogP contribution in [0.1, 0.15) is 6.42 Å². The largest absolute Gasteiger partial charge is 0.399 e. The van der Waals surface area contributed by atoms with Crippen molar-refractivity contribution in [3.8, 4) is 0 Å². The third-order valence-corrected chi connectivity index (χ3v) is 5.62. The molecule has 0 radical (unpaired) electrons. The van der Waals surface area contributed by atoms with Crippen LogP contribution in [-0.2, 0) is 19.9 Å². The van der Waals surface area contributed by atoms with E-state index in [0.29, 0.717) is 6.42 Å². The average molecular weight is 305 g/mol. The van der Waals surface area contributed by atoms with Crippen molar-refractivity contribution in [3.05, 3.63) is 18.2 Å². The topological polar surface area (TPSA) is 132 Å². The molecule has 0 saturated carbocycles. The monoisotopic (exact) mass is 305 g/mol. The standard InChI is InChI=1S/C10H15N3O4S2/c11-7-1-2-9(10(5-7)19(12,16)17)13-8-3-4-18(14,15)6-8/h1-2,5,8,13H,3-4,6,11H2,(H2,12,16,17). The Kier molecular flexibility index (Phi) is 3.45. The summed E-state index contributed by atoms with van der Waals surface area (Å²) in [5.41, 5.74) is 6.08. The minimum Gasteiger partial charge on any atom is -0.399 e. The van der Waals surface area contributed by atoms with Crippen molar-refractivity contribution in [3.63, 3.8) is 0 Å². The molecule has 5 N–H and O–H groups in total. The normalized spacial score (nSPS) is 22.3. The zero-order chi connectivity index (χ0) is 14.3. The summed E-state index contributed by atoms with van der Waals surface area (Å²) < 4.78 is 45.7. The molecule has 1 atom stereocenters. The fraction of sp³-hybridized carbons (Fsp3) is 0.400. The predicted molar refractivity (Wildman–Crippen MR) is 72.9 cm³/mol. The lowest BCUT2D eigenvalue weighted by Crippen LogP contribution is -2.23. The van der Waals surface area contributed by atoms with Crippen LogP contribution in [0.4, 0.5) is 11.4 Å². The summed E-state index contributed by atoms with van der Waals surface area (Å²) in [5, 5.41) is 8.02. The van der Waals surface area contributed by atoms with Crippen LogP contribution in [0.5, 0.6) is 0 Å². The number of hydrogen-bond acceptors (Lipinski definition) is 6. The molecule has 0 amide bonds. The molecule has 0 spiro atoms. The molecule has 1 aliphatic heterocycles. The average Bonchev–Trinajstić information content (AvgIpc) is 2.59. The van der Waals surface area contributed by atoms with Gasteiger partial charge in [0, 0.05) is 11.7 Å². The first-order chi connectivity index (χ1) is 8.67. The number of primary sulfonamides is 1. The van der Waals surface area contributed by atoms with Gasteiger partial charge >= 0.3 is 0 Å². The van der Waals surface area contributed by atoms with Gasteiger partial charge in [0.25, 0.3) is 0 Å². The number of benzene rings is 1. The molecule has 1 unspecified atom stereocenters. The van der Waals surface area contributed by atoms with Crippen LogP contribution < -0.4 is 16.2 Å². The lowest BCUT2D eigenvalue weighted by molar-refractivity contribution is 0.597. The molecular weight excluding hydrogens is 290 g/mol. The molecular formula is C10H15N3O4S2. The Hall–Kier alpha value is -1.32. The zero-order valence-corrected chi connectivity index (χ0v) is 11.7. The molecule has 1 aliphatic rings. The smallest absolute Gasteiger partial charge is 0.240 e. The van der Waals surface area contributed by atoms with E-state index < -0.39 is 19.9 Å². The van der Waals surface area contributed by atoms with E-state index in [9.17, 15) is 16.8 Å². The minimum atomic E-state index is -3.92. The first-order valence-electron chi connectivity index (χ1n) is 5.57. The van der Waals surface area contributed by atoms with Gasteiger partial charge in [-0.15, -0.1) is 0 Å². The second-order valence-electron chi connectivity index (χ2n) is 4.54. The van der Waals surface area contributed by atoms with E-state index >= 15 is 0 Å². The first-order valence-corrected chi connectivity index (χ1v) is 8.93. The second-order valence-corrected chi connectivity index (χ2v) is 8.30. The molecule has 0 bridgehead atoms. The number of hydrogen-bond donors (Lipinski definition) is 3. The van der Waals surface area contributed by atoms with E-state index in [4.69, 9.17) is 10.9 Å². The molecule has 9 heteroatoms. The van der Waals surface area contributed by atoms with Crippen molar-refractivity contribution in [1.29, 1.82) is 0 Å². The van der Waals surface area contributed by atoms with Gasteiger partial charge in [0.05, 0.1) is 17.2 Å². The minimum absolute atomic E-state index is 0.0125. The first kappa shape index (κ1) is 14.1. The maximum Gasteiger partial charge on any atom is 0.240 e. The van der Waals surface area contributed by atoms with Crippen molar-refractivity contribution < 1.29 is 16.8 Å². The molecule has 7 nitrogen and oxygen atoms in total. The van der Waals surface area contributed by atoms with Crippen molar-refractivity contribution in [2.24, 2.45) is 5.14 Å². The van der Waals surface area contributed by atoms with Gasteiger partial charge in [-0.2, -0.15) is 0 Å². The highest BCUT2D eigenvalue weighted by atomic mass is 32.2. The van der Waals surface area contributed by atoms with Crippen molar-refractivity contribution in [2.75, 3.05) is 22.6 Å². The summed E-state index contributed by atoms with van der Waals surface area (Å²) >= 11 is 0. The SMILES string of the molecule is Nc1ccc(NC2CCS(=O)(=O)C2)c(S(N)(=O)=O)c1. The number of anilines is 2. The number of nitrogen functional groups attached to an aromatic ring is 1. The quantitative estimate of drug-likeness (QED) is 0.646. The number of nitrogens with two attached hydrogens (primary N) is 2. The van der Waals surface area contributed by atoms with Crippen molar-refractivity contribution >= 4 is 31.2 Å². The number of rotatable bonds is 3. The molecule has 1 aromatic rings. The van der Waals surface area contributed by atoms with Gasteiger partial charge in [0.15, 0.2) is 9.84 Å². The number of nitrogens with one attached hydrogen (secondary N) is 1. The number of sulfonamides is 1. The van der Waals surface area contributed by atoms with E-state index in [1.54, 1.807) is 0 Å². The van der Waals surface area contributed by atoms with Crippen molar-refractivity contribution in [2.45, 2.75) is 17.4 Å². The Morgan fingerprint density at radius 3 is 2.53 bits per heavy atom. The molecule has 0 aromatic heterocycles. The van der Waals surface area contributed by atoms with Gasteiger partial charge in [-0.1, -0.05) is 0 Å². The van der Waals surface area contributed by atoms with Crippen LogP contribution in [0.15, 0.2) is 23.1 Å². The van der Waals surface area contributed by atoms with Gasteiger partial charge in [-0.3, -0.25) is 0 Å². The van der Waals surface area contributed by atoms with Gasteiger partial charge in [-0.25, -0.2) is 22.0 Å². The lowest BCUT2D eigenvalue weighted by Gasteiger charge is -2.15. The summed E-state index contributed by atoms with van der Waals surface area (Å²) in [4.78, 5) is -0.128. The molecule has 1 aromatic carbocycles. The molecule has 1 fully saturated rings. The Labute approximate surface area is 112 Å².